The smallest absolute Gasteiger partial charge is 0.0594 e. The van der Waals surface area contributed by atoms with Crippen molar-refractivity contribution in [3.8, 4) is 0 Å². The first-order chi connectivity index (χ1) is 7.74. The molecule has 1 saturated heterocycles. The summed E-state index contributed by atoms with van der Waals surface area (Å²) in [4.78, 5) is 5.00. The highest BCUT2D eigenvalue weighted by atomic mass is 35.5. The van der Waals surface area contributed by atoms with Crippen LogP contribution in [-0.4, -0.2) is 67.7 Å². The van der Waals surface area contributed by atoms with Crippen LogP contribution in [0.25, 0.3) is 0 Å². The molecule has 0 unspecified atom stereocenters. The molecule has 0 N–H and O–H groups in total. The van der Waals surface area contributed by atoms with E-state index in [1.807, 2.05) is 0 Å². The first-order valence-electron chi connectivity index (χ1n) is 6.34. The monoisotopic (exact) mass is 248 g/mol. The van der Waals surface area contributed by atoms with E-state index in [2.05, 4.69) is 23.6 Å². The number of hydrogen-bond donors (Lipinski definition) is 0. The van der Waals surface area contributed by atoms with Crippen molar-refractivity contribution >= 4 is 11.6 Å². The van der Waals surface area contributed by atoms with Gasteiger partial charge in [-0.2, -0.15) is 0 Å². The van der Waals surface area contributed by atoms with Gasteiger partial charge in [-0.1, -0.05) is 0 Å². The molecule has 0 bridgehead atoms. The Bertz CT molecular complexity index is 172. The summed E-state index contributed by atoms with van der Waals surface area (Å²) in [5.41, 5.74) is 0. The van der Waals surface area contributed by atoms with Gasteiger partial charge in [-0.05, 0) is 26.8 Å². The average molecular weight is 249 g/mol. The van der Waals surface area contributed by atoms with Gasteiger partial charge in [0.1, 0.15) is 0 Å². The molecule has 0 radical (unpaired) electrons. The SMILES string of the molecule is CC(C)N(CCCCl)CCN1CCOCC1. The maximum absolute atomic E-state index is 5.75. The van der Waals surface area contributed by atoms with Crippen LogP contribution in [0, 0.1) is 0 Å². The van der Waals surface area contributed by atoms with E-state index >= 15 is 0 Å². The zero-order chi connectivity index (χ0) is 11.8. The zero-order valence-corrected chi connectivity index (χ0v) is 11.4. The Kier molecular flexibility index (Phi) is 7.37. The van der Waals surface area contributed by atoms with E-state index in [1.54, 1.807) is 0 Å². The Hall–Kier alpha value is 0.170. The Balaban J connectivity index is 2.19. The minimum atomic E-state index is 0.615. The first-order valence-corrected chi connectivity index (χ1v) is 6.87. The van der Waals surface area contributed by atoms with Gasteiger partial charge in [0.2, 0.25) is 0 Å². The zero-order valence-electron chi connectivity index (χ0n) is 10.6. The maximum atomic E-state index is 5.75. The van der Waals surface area contributed by atoms with Crippen molar-refractivity contribution in [2.45, 2.75) is 26.3 Å². The van der Waals surface area contributed by atoms with Gasteiger partial charge in [-0.25, -0.2) is 0 Å². The van der Waals surface area contributed by atoms with Crippen molar-refractivity contribution in [1.82, 2.24) is 9.80 Å². The largest absolute Gasteiger partial charge is 0.379 e. The standard InChI is InChI=1S/C12H25ClN2O/c1-12(2)15(5-3-4-13)7-6-14-8-10-16-11-9-14/h12H,3-11H2,1-2H3. The van der Waals surface area contributed by atoms with Crippen molar-refractivity contribution in [3.63, 3.8) is 0 Å². The highest BCUT2D eigenvalue weighted by molar-refractivity contribution is 6.17. The Morgan fingerprint density at radius 3 is 2.50 bits per heavy atom. The fraction of sp³-hybridized carbons (Fsp3) is 1.00. The van der Waals surface area contributed by atoms with E-state index in [0.717, 1.165) is 58.2 Å². The molecule has 0 amide bonds. The molecule has 1 aliphatic heterocycles. The number of nitrogens with zero attached hydrogens (tertiary/aromatic N) is 2. The summed E-state index contributed by atoms with van der Waals surface area (Å²) in [6, 6.07) is 0.615. The quantitative estimate of drug-likeness (QED) is 0.638. The van der Waals surface area contributed by atoms with Gasteiger partial charge in [-0.15, -0.1) is 11.6 Å². The van der Waals surface area contributed by atoms with E-state index in [9.17, 15) is 0 Å². The van der Waals surface area contributed by atoms with E-state index in [0.29, 0.717) is 6.04 Å². The molecule has 0 aromatic rings. The van der Waals surface area contributed by atoms with Gasteiger partial charge in [0.15, 0.2) is 0 Å². The lowest BCUT2D eigenvalue weighted by atomic mass is 10.3. The average Bonchev–Trinajstić information content (AvgIpc) is 2.30. The highest BCUT2D eigenvalue weighted by Crippen LogP contribution is 2.03. The molecule has 0 aromatic heterocycles. The second-order valence-electron chi connectivity index (χ2n) is 4.63. The molecule has 0 spiro atoms. The summed E-state index contributed by atoms with van der Waals surface area (Å²) in [5.74, 6) is 0.765. The third-order valence-corrected chi connectivity index (χ3v) is 3.38. The van der Waals surface area contributed by atoms with Crippen LogP contribution in [0.4, 0.5) is 0 Å². The molecule has 1 rings (SSSR count). The fourth-order valence-electron chi connectivity index (χ4n) is 1.99. The summed E-state index contributed by atoms with van der Waals surface area (Å²) in [6.45, 7) is 11.9. The number of rotatable bonds is 7. The van der Waals surface area contributed by atoms with Crippen LogP contribution < -0.4 is 0 Å². The van der Waals surface area contributed by atoms with Gasteiger partial charge < -0.3 is 4.74 Å². The molecule has 4 heteroatoms. The normalized spacial score (nSPS) is 18.6. The van der Waals surface area contributed by atoms with Crippen molar-refractivity contribution in [2.24, 2.45) is 0 Å². The van der Waals surface area contributed by atoms with Gasteiger partial charge in [0.05, 0.1) is 13.2 Å². The van der Waals surface area contributed by atoms with Crippen LogP contribution >= 0.6 is 11.6 Å². The molecular formula is C12H25ClN2O. The second-order valence-corrected chi connectivity index (χ2v) is 5.00. The summed E-state index contributed by atoms with van der Waals surface area (Å²) in [6.07, 6.45) is 1.09. The van der Waals surface area contributed by atoms with E-state index in [-0.39, 0.29) is 0 Å². The summed E-state index contributed by atoms with van der Waals surface area (Å²) in [5, 5.41) is 0. The molecule has 1 aliphatic rings. The minimum Gasteiger partial charge on any atom is -0.379 e. The maximum Gasteiger partial charge on any atom is 0.0594 e. The number of morpholine rings is 1. The predicted octanol–water partition coefficient (Wildman–Crippen LogP) is 1.66. The minimum absolute atomic E-state index is 0.615. The van der Waals surface area contributed by atoms with Crippen molar-refractivity contribution < 1.29 is 4.74 Å². The topological polar surface area (TPSA) is 15.7 Å². The van der Waals surface area contributed by atoms with Crippen LogP contribution in [0.2, 0.25) is 0 Å². The summed E-state index contributed by atoms with van der Waals surface area (Å²) < 4.78 is 5.35. The lowest BCUT2D eigenvalue weighted by Crippen LogP contribution is -2.43. The molecule has 1 heterocycles. The molecular weight excluding hydrogens is 224 g/mol. The summed E-state index contributed by atoms with van der Waals surface area (Å²) in [7, 11) is 0. The lowest BCUT2D eigenvalue weighted by Gasteiger charge is -2.31. The summed E-state index contributed by atoms with van der Waals surface area (Å²) >= 11 is 5.75. The second kappa shape index (κ2) is 8.29. The Morgan fingerprint density at radius 2 is 1.94 bits per heavy atom. The van der Waals surface area contributed by atoms with Crippen LogP contribution in [0.3, 0.4) is 0 Å². The van der Waals surface area contributed by atoms with Gasteiger partial charge >= 0.3 is 0 Å². The van der Waals surface area contributed by atoms with Crippen LogP contribution in [0.5, 0.6) is 0 Å². The number of hydrogen-bond acceptors (Lipinski definition) is 3. The number of alkyl halides is 1. The third kappa shape index (κ3) is 5.48. The molecule has 16 heavy (non-hydrogen) atoms. The molecule has 0 saturated carbocycles. The molecule has 96 valence electrons. The van der Waals surface area contributed by atoms with Gasteiger partial charge in [0, 0.05) is 38.1 Å². The Morgan fingerprint density at radius 1 is 1.25 bits per heavy atom. The van der Waals surface area contributed by atoms with Crippen molar-refractivity contribution in [3.05, 3.63) is 0 Å². The van der Waals surface area contributed by atoms with E-state index in [4.69, 9.17) is 16.3 Å². The van der Waals surface area contributed by atoms with E-state index in [1.165, 1.54) is 0 Å². The van der Waals surface area contributed by atoms with Crippen LogP contribution in [0.1, 0.15) is 20.3 Å². The predicted molar refractivity (Wildman–Crippen MR) is 69.3 cm³/mol. The highest BCUT2D eigenvalue weighted by Gasteiger charge is 2.13. The third-order valence-electron chi connectivity index (χ3n) is 3.12. The number of halogens is 1. The first kappa shape index (κ1) is 14.2. The van der Waals surface area contributed by atoms with Crippen molar-refractivity contribution in [2.75, 3.05) is 51.8 Å². The fourth-order valence-corrected chi connectivity index (χ4v) is 2.11. The Labute approximate surface area is 105 Å². The molecule has 0 aliphatic carbocycles. The lowest BCUT2D eigenvalue weighted by molar-refractivity contribution is 0.0317. The van der Waals surface area contributed by atoms with Crippen LogP contribution in [-0.2, 0) is 4.74 Å². The molecule has 1 fully saturated rings. The molecule has 0 aromatic carbocycles. The molecule has 3 nitrogen and oxygen atoms in total. The van der Waals surface area contributed by atoms with E-state index < -0.39 is 0 Å². The molecule has 0 atom stereocenters. The van der Waals surface area contributed by atoms with Crippen LogP contribution in [0.15, 0.2) is 0 Å². The number of ether oxygens (including phenoxy) is 1. The van der Waals surface area contributed by atoms with Crippen molar-refractivity contribution in [1.29, 1.82) is 0 Å². The van der Waals surface area contributed by atoms with Gasteiger partial charge in [-0.3, -0.25) is 9.80 Å². The van der Waals surface area contributed by atoms with Gasteiger partial charge in [0.25, 0.3) is 0 Å².